The summed E-state index contributed by atoms with van der Waals surface area (Å²) >= 11 is 12.4. The van der Waals surface area contributed by atoms with Crippen molar-refractivity contribution in [3.63, 3.8) is 0 Å². The Hall–Kier alpha value is -1.44. The van der Waals surface area contributed by atoms with Crippen LogP contribution in [-0.2, 0) is 6.42 Å². The Morgan fingerprint density at radius 1 is 0.889 bits per heavy atom. The molecule has 1 nitrogen and oxygen atoms in total. The summed E-state index contributed by atoms with van der Waals surface area (Å²) in [5.41, 5.74) is 3.32. The second-order valence-corrected chi connectivity index (χ2v) is 5.05. The highest BCUT2D eigenvalue weighted by atomic mass is 35.5. The predicted octanol–water partition coefficient (Wildman–Crippen LogP) is 5.07. The summed E-state index contributed by atoms with van der Waals surface area (Å²) in [6.45, 7) is 0. The van der Waals surface area contributed by atoms with Gasteiger partial charge in [0.2, 0.25) is 0 Å². The Morgan fingerprint density at radius 3 is 2.39 bits per heavy atom. The summed E-state index contributed by atoms with van der Waals surface area (Å²) in [5, 5.41) is 2.65. The highest BCUT2D eigenvalue weighted by molar-refractivity contribution is 6.36. The van der Waals surface area contributed by atoms with Crippen molar-refractivity contribution in [1.29, 1.82) is 0 Å². The molecule has 0 saturated carbocycles. The van der Waals surface area contributed by atoms with Crippen molar-refractivity contribution >= 4 is 34.1 Å². The fraction of sp³-hybridized carbons (Fsp3) is 0.0667. The molecule has 0 aliphatic rings. The number of rotatable bonds is 2. The van der Waals surface area contributed by atoms with Gasteiger partial charge in [-0.3, -0.25) is 0 Å². The summed E-state index contributed by atoms with van der Waals surface area (Å²) in [4.78, 5) is 3.26. The minimum atomic E-state index is 0.716. The third-order valence-electron chi connectivity index (χ3n) is 3.10. The lowest BCUT2D eigenvalue weighted by Crippen LogP contribution is -1.89. The average Bonchev–Trinajstić information content (AvgIpc) is 2.77. The molecular weight excluding hydrogens is 265 g/mol. The van der Waals surface area contributed by atoms with Crippen molar-refractivity contribution < 1.29 is 0 Å². The molecule has 0 saturated heterocycles. The third kappa shape index (κ3) is 2.00. The smallest absolute Gasteiger partial charge is 0.0456 e. The maximum atomic E-state index is 6.20. The molecule has 1 N–H and O–H groups in total. The molecule has 0 aliphatic heterocycles. The first kappa shape index (κ1) is 11.6. The molecule has 0 spiro atoms. The third-order valence-corrected chi connectivity index (χ3v) is 3.81. The van der Waals surface area contributed by atoms with Gasteiger partial charge in [-0.2, -0.15) is 0 Å². The van der Waals surface area contributed by atoms with Gasteiger partial charge in [-0.1, -0.05) is 47.5 Å². The van der Waals surface area contributed by atoms with Crippen LogP contribution in [0.4, 0.5) is 0 Å². The Kier molecular flexibility index (Phi) is 3.02. The van der Waals surface area contributed by atoms with Crippen molar-refractivity contribution in [3.8, 4) is 0 Å². The van der Waals surface area contributed by atoms with Gasteiger partial charge in [0, 0.05) is 33.6 Å². The number of H-pyrrole nitrogens is 1. The highest BCUT2D eigenvalue weighted by Crippen LogP contribution is 2.29. The van der Waals surface area contributed by atoms with Crippen LogP contribution in [0, 0.1) is 0 Å². The number of nitrogens with one attached hydrogen (secondary N) is 1. The molecule has 0 radical (unpaired) electrons. The first-order valence-electron chi connectivity index (χ1n) is 5.73. The van der Waals surface area contributed by atoms with Crippen LogP contribution >= 0.6 is 23.2 Å². The number of para-hydroxylation sites is 1. The molecule has 0 amide bonds. The molecule has 0 fully saturated rings. The van der Waals surface area contributed by atoms with Crippen LogP contribution in [0.2, 0.25) is 10.0 Å². The van der Waals surface area contributed by atoms with Crippen LogP contribution in [0.15, 0.2) is 48.7 Å². The van der Waals surface area contributed by atoms with E-state index in [1.165, 1.54) is 10.9 Å². The molecule has 0 unspecified atom stereocenters. The standard InChI is InChI=1S/C15H11Cl2N/c16-13-5-3-6-14(17)12(13)8-10-9-18-15-7-2-1-4-11(10)15/h1-7,9,18H,8H2. The van der Waals surface area contributed by atoms with Crippen LogP contribution < -0.4 is 0 Å². The van der Waals surface area contributed by atoms with Crippen LogP contribution in [0.5, 0.6) is 0 Å². The van der Waals surface area contributed by atoms with E-state index in [-0.39, 0.29) is 0 Å². The largest absolute Gasteiger partial charge is 0.361 e. The summed E-state index contributed by atoms with van der Waals surface area (Å²) in [6, 6.07) is 13.8. The van der Waals surface area contributed by atoms with Crippen molar-refractivity contribution in [2.24, 2.45) is 0 Å². The van der Waals surface area contributed by atoms with E-state index < -0.39 is 0 Å². The molecule has 1 heterocycles. The molecule has 0 bridgehead atoms. The summed E-state index contributed by atoms with van der Waals surface area (Å²) < 4.78 is 0. The zero-order valence-electron chi connectivity index (χ0n) is 9.58. The van der Waals surface area contributed by atoms with E-state index >= 15 is 0 Å². The SMILES string of the molecule is Clc1cccc(Cl)c1Cc1c[nH]c2ccccc12. The first-order chi connectivity index (χ1) is 8.75. The maximum absolute atomic E-state index is 6.20. The van der Waals surface area contributed by atoms with Gasteiger partial charge in [-0.25, -0.2) is 0 Å². The lowest BCUT2D eigenvalue weighted by Gasteiger charge is -2.05. The first-order valence-corrected chi connectivity index (χ1v) is 6.49. The predicted molar refractivity (Wildman–Crippen MR) is 77.6 cm³/mol. The van der Waals surface area contributed by atoms with E-state index in [0.717, 1.165) is 17.5 Å². The van der Waals surface area contributed by atoms with Gasteiger partial charge in [0.1, 0.15) is 0 Å². The van der Waals surface area contributed by atoms with E-state index in [4.69, 9.17) is 23.2 Å². The molecule has 3 heteroatoms. The number of aromatic nitrogens is 1. The van der Waals surface area contributed by atoms with Gasteiger partial charge < -0.3 is 4.98 Å². The van der Waals surface area contributed by atoms with Gasteiger partial charge in [-0.05, 0) is 29.3 Å². The monoisotopic (exact) mass is 275 g/mol. The molecule has 90 valence electrons. The molecule has 0 atom stereocenters. The average molecular weight is 276 g/mol. The van der Waals surface area contributed by atoms with Gasteiger partial charge in [0.25, 0.3) is 0 Å². The van der Waals surface area contributed by atoms with Gasteiger partial charge in [0.15, 0.2) is 0 Å². The van der Waals surface area contributed by atoms with E-state index in [2.05, 4.69) is 17.1 Å². The topological polar surface area (TPSA) is 15.8 Å². The lowest BCUT2D eigenvalue weighted by atomic mass is 10.0. The van der Waals surface area contributed by atoms with Crippen molar-refractivity contribution in [1.82, 2.24) is 4.98 Å². The molecule has 3 rings (SSSR count). The second kappa shape index (κ2) is 4.68. The van der Waals surface area contributed by atoms with Crippen LogP contribution in [0.3, 0.4) is 0 Å². The van der Waals surface area contributed by atoms with E-state index in [1.807, 2.05) is 36.5 Å². The van der Waals surface area contributed by atoms with Gasteiger partial charge in [0.05, 0.1) is 0 Å². The molecule has 18 heavy (non-hydrogen) atoms. The Balaban J connectivity index is 2.07. The number of hydrogen-bond donors (Lipinski definition) is 1. The number of halogens is 2. The molecular formula is C15H11Cl2N. The second-order valence-electron chi connectivity index (χ2n) is 4.24. The number of aromatic amines is 1. The van der Waals surface area contributed by atoms with Crippen molar-refractivity contribution in [3.05, 3.63) is 69.8 Å². The minimum absolute atomic E-state index is 0.716. The molecule has 0 aliphatic carbocycles. The summed E-state index contributed by atoms with van der Waals surface area (Å²) in [7, 11) is 0. The Morgan fingerprint density at radius 2 is 1.61 bits per heavy atom. The number of fused-ring (bicyclic) bond motifs is 1. The maximum Gasteiger partial charge on any atom is 0.0456 e. The van der Waals surface area contributed by atoms with Crippen LogP contribution in [0.1, 0.15) is 11.1 Å². The fourth-order valence-corrected chi connectivity index (χ4v) is 2.70. The van der Waals surface area contributed by atoms with Crippen LogP contribution in [-0.4, -0.2) is 4.98 Å². The van der Waals surface area contributed by atoms with Gasteiger partial charge >= 0.3 is 0 Å². The lowest BCUT2D eigenvalue weighted by molar-refractivity contribution is 1.21. The summed E-state index contributed by atoms with van der Waals surface area (Å²) in [6.07, 6.45) is 2.76. The number of benzene rings is 2. The minimum Gasteiger partial charge on any atom is -0.361 e. The van der Waals surface area contributed by atoms with Gasteiger partial charge in [-0.15, -0.1) is 0 Å². The Bertz CT molecular complexity index is 680. The Labute approximate surface area is 115 Å². The van der Waals surface area contributed by atoms with E-state index in [0.29, 0.717) is 10.0 Å². The zero-order valence-corrected chi connectivity index (χ0v) is 11.1. The fourth-order valence-electron chi connectivity index (χ4n) is 2.17. The molecule has 1 aromatic heterocycles. The van der Waals surface area contributed by atoms with E-state index in [9.17, 15) is 0 Å². The summed E-state index contributed by atoms with van der Waals surface area (Å²) in [5.74, 6) is 0. The normalized spacial score (nSPS) is 11.0. The molecule has 3 aromatic rings. The zero-order chi connectivity index (χ0) is 12.5. The van der Waals surface area contributed by atoms with Crippen molar-refractivity contribution in [2.75, 3.05) is 0 Å². The van der Waals surface area contributed by atoms with E-state index in [1.54, 1.807) is 0 Å². The highest BCUT2D eigenvalue weighted by Gasteiger charge is 2.09. The quantitative estimate of drug-likeness (QED) is 0.673. The number of hydrogen-bond acceptors (Lipinski definition) is 0. The van der Waals surface area contributed by atoms with Crippen molar-refractivity contribution in [2.45, 2.75) is 6.42 Å². The van der Waals surface area contributed by atoms with Crippen LogP contribution in [0.25, 0.3) is 10.9 Å². The molecule has 2 aromatic carbocycles.